The fourth-order valence-electron chi connectivity index (χ4n) is 5.03. The Hall–Kier alpha value is -4.62. The van der Waals surface area contributed by atoms with E-state index in [-0.39, 0.29) is 5.78 Å². The van der Waals surface area contributed by atoms with E-state index in [1.807, 2.05) is 41.3 Å². The molecule has 0 amide bonds. The first-order valence-corrected chi connectivity index (χ1v) is 10.7. The lowest BCUT2D eigenvalue weighted by molar-refractivity contribution is -0.131. The first-order chi connectivity index (χ1) is 16.5. The van der Waals surface area contributed by atoms with Crippen LogP contribution in [0, 0.1) is 28.1 Å². The molecular weight excluding hydrogens is 430 g/mol. The molecule has 3 aromatic rings. The van der Waals surface area contributed by atoms with Crippen molar-refractivity contribution < 1.29 is 18.7 Å². The van der Waals surface area contributed by atoms with Crippen LogP contribution in [0.15, 0.2) is 77.4 Å². The van der Waals surface area contributed by atoms with Gasteiger partial charge in [-0.25, -0.2) is 0 Å². The molecular formula is C27H19N3O4. The number of carbonyl (C=O) groups excluding carboxylic acids is 2. The summed E-state index contributed by atoms with van der Waals surface area (Å²) in [7, 11) is 0. The Morgan fingerprint density at radius 2 is 1.76 bits per heavy atom. The summed E-state index contributed by atoms with van der Waals surface area (Å²) in [6, 6.07) is 20.2. The Kier molecular flexibility index (Phi) is 5.03. The number of carbonyl (C=O) groups is 2. The van der Waals surface area contributed by atoms with Gasteiger partial charge in [0.2, 0.25) is 0 Å². The van der Waals surface area contributed by atoms with E-state index in [1.165, 1.54) is 13.2 Å². The highest BCUT2D eigenvalue weighted by Gasteiger charge is 2.64. The third kappa shape index (κ3) is 3.10. The maximum Gasteiger partial charge on any atom is 0.308 e. The summed E-state index contributed by atoms with van der Waals surface area (Å²) < 4.78 is 10.8. The number of Topliss-reactive ketones (excluding diaryl/α,β-unsaturated/α-hetero) is 1. The lowest BCUT2D eigenvalue weighted by atomic mass is 9.71. The number of nitrogens with zero attached hydrogens (tertiary/aromatic N) is 3. The van der Waals surface area contributed by atoms with Crippen LogP contribution in [0.4, 0.5) is 5.69 Å². The molecule has 0 aliphatic carbocycles. The largest absolute Gasteiger partial charge is 0.469 e. The normalized spacial score (nSPS) is 21.6. The molecule has 2 aliphatic rings. The van der Waals surface area contributed by atoms with Gasteiger partial charge in [-0.1, -0.05) is 30.4 Å². The van der Waals surface area contributed by atoms with Crippen molar-refractivity contribution in [3.8, 4) is 17.9 Å². The lowest BCUT2D eigenvalue weighted by Crippen LogP contribution is -2.44. The van der Waals surface area contributed by atoms with Crippen molar-refractivity contribution in [2.24, 2.45) is 5.41 Å². The number of rotatable bonds is 4. The van der Waals surface area contributed by atoms with Crippen molar-refractivity contribution in [1.29, 1.82) is 10.5 Å². The standard InChI is InChI=1S/C27H19N3O4/c1-17(31)34-20-11-8-19(9-12-20)26(32)25-24(22-7-4-14-33-22)27(15-28,16-29)23-13-10-18-5-2-3-6-21(18)30(23)25/h2-14,23-25H,1H3/t23-,24-,25-/m1/s1. The molecule has 0 unspecified atom stereocenters. The Bertz CT molecular complexity index is 1360. The molecule has 2 aromatic carbocycles. The predicted molar refractivity (Wildman–Crippen MR) is 123 cm³/mol. The number of benzene rings is 2. The van der Waals surface area contributed by atoms with Crippen molar-refractivity contribution >= 4 is 23.5 Å². The zero-order valence-electron chi connectivity index (χ0n) is 18.2. The molecule has 0 N–H and O–H groups in total. The molecule has 1 saturated heterocycles. The number of ether oxygens (including phenoxy) is 1. The average molecular weight is 449 g/mol. The average Bonchev–Trinajstić information content (AvgIpc) is 3.48. The van der Waals surface area contributed by atoms with Gasteiger partial charge >= 0.3 is 5.97 Å². The summed E-state index contributed by atoms with van der Waals surface area (Å²) in [6.07, 6.45) is 5.19. The minimum atomic E-state index is -1.56. The molecule has 3 atom stereocenters. The van der Waals surface area contributed by atoms with E-state index >= 15 is 0 Å². The molecule has 5 rings (SSSR count). The van der Waals surface area contributed by atoms with Gasteiger partial charge in [0.1, 0.15) is 17.6 Å². The minimum Gasteiger partial charge on any atom is -0.469 e. The second-order valence-electron chi connectivity index (χ2n) is 8.28. The van der Waals surface area contributed by atoms with Crippen LogP contribution >= 0.6 is 0 Å². The van der Waals surface area contributed by atoms with E-state index < -0.39 is 29.4 Å². The van der Waals surface area contributed by atoms with E-state index in [4.69, 9.17) is 9.15 Å². The fraction of sp³-hybridized carbons (Fsp3) is 0.185. The molecule has 166 valence electrons. The van der Waals surface area contributed by atoms with Gasteiger partial charge in [-0.3, -0.25) is 9.59 Å². The number of para-hydroxylation sites is 1. The highest BCUT2D eigenvalue weighted by molar-refractivity contribution is 6.04. The lowest BCUT2D eigenvalue weighted by Gasteiger charge is -2.35. The summed E-state index contributed by atoms with van der Waals surface area (Å²) in [5.74, 6) is -0.832. The van der Waals surface area contributed by atoms with Crippen molar-refractivity contribution in [3.63, 3.8) is 0 Å². The second kappa shape index (κ2) is 8.06. The second-order valence-corrected chi connectivity index (χ2v) is 8.28. The molecule has 1 fully saturated rings. The van der Waals surface area contributed by atoms with Crippen molar-refractivity contribution in [1.82, 2.24) is 0 Å². The van der Waals surface area contributed by atoms with Crippen molar-refractivity contribution in [2.75, 3.05) is 4.90 Å². The van der Waals surface area contributed by atoms with Gasteiger partial charge in [0.25, 0.3) is 0 Å². The van der Waals surface area contributed by atoms with Crippen LogP contribution in [0.25, 0.3) is 6.08 Å². The molecule has 3 heterocycles. The van der Waals surface area contributed by atoms with Crippen molar-refractivity contribution in [3.05, 3.63) is 89.9 Å². The number of anilines is 1. The third-order valence-electron chi connectivity index (χ3n) is 6.43. The highest BCUT2D eigenvalue weighted by atomic mass is 16.5. The summed E-state index contributed by atoms with van der Waals surface area (Å²) in [5.41, 5.74) is 0.482. The highest BCUT2D eigenvalue weighted by Crippen LogP contribution is 2.55. The topological polar surface area (TPSA) is 107 Å². The van der Waals surface area contributed by atoms with Crippen LogP contribution in [0.1, 0.15) is 34.5 Å². The molecule has 0 bridgehead atoms. The Balaban J connectivity index is 1.68. The minimum absolute atomic E-state index is 0.266. The van der Waals surface area contributed by atoms with Crippen LogP contribution < -0.4 is 9.64 Å². The number of ketones is 1. The zero-order valence-corrected chi connectivity index (χ0v) is 18.2. The van der Waals surface area contributed by atoms with Gasteiger partial charge in [0.15, 0.2) is 11.2 Å². The third-order valence-corrected chi connectivity index (χ3v) is 6.43. The number of esters is 1. The van der Waals surface area contributed by atoms with Gasteiger partial charge < -0.3 is 14.1 Å². The quantitative estimate of drug-likeness (QED) is 0.328. The molecule has 7 heteroatoms. The molecule has 0 saturated carbocycles. The maximum absolute atomic E-state index is 14.0. The number of nitriles is 2. The Morgan fingerprint density at radius 3 is 2.41 bits per heavy atom. The Morgan fingerprint density at radius 1 is 1.03 bits per heavy atom. The molecule has 7 nitrogen and oxygen atoms in total. The van der Waals surface area contributed by atoms with E-state index in [9.17, 15) is 20.1 Å². The van der Waals surface area contributed by atoms with Gasteiger partial charge in [-0.15, -0.1) is 0 Å². The monoisotopic (exact) mass is 449 g/mol. The molecule has 1 aromatic heterocycles. The maximum atomic E-state index is 14.0. The number of fused-ring (bicyclic) bond motifs is 3. The number of hydrogen-bond acceptors (Lipinski definition) is 7. The van der Waals surface area contributed by atoms with Crippen LogP contribution in [0.2, 0.25) is 0 Å². The SMILES string of the molecule is CC(=O)Oc1ccc(C(=O)[C@H]2[C@@H](c3ccco3)C(C#N)(C#N)[C@H]3C=Cc4ccccc4N23)cc1. The summed E-state index contributed by atoms with van der Waals surface area (Å²) in [5, 5.41) is 20.7. The number of furan rings is 1. The van der Waals surface area contributed by atoms with Crippen LogP contribution in [-0.4, -0.2) is 23.8 Å². The van der Waals surface area contributed by atoms with Crippen LogP contribution in [-0.2, 0) is 4.79 Å². The molecule has 2 aliphatic heterocycles. The van der Waals surface area contributed by atoms with Gasteiger partial charge in [-0.2, -0.15) is 10.5 Å². The van der Waals surface area contributed by atoms with Gasteiger partial charge in [-0.05, 0) is 48.0 Å². The van der Waals surface area contributed by atoms with E-state index in [1.54, 1.807) is 36.4 Å². The van der Waals surface area contributed by atoms with E-state index in [0.29, 0.717) is 17.1 Å². The van der Waals surface area contributed by atoms with Gasteiger partial charge in [0.05, 0.1) is 30.4 Å². The number of hydrogen-bond donors (Lipinski definition) is 0. The van der Waals surface area contributed by atoms with Gasteiger partial charge in [0, 0.05) is 18.2 Å². The summed E-state index contributed by atoms with van der Waals surface area (Å²) >= 11 is 0. The first-order valence-electron chi connectivity index (χ1n) is 10.7. The molecule has 0 radical (unpaired) electrons. The zero-order chi connectivity index (χ0) is 23.9. The van der Waals surface area contributed by atoms with Crippen LogP contribution in [0.3, 0.4) is 0 Å². The van der Waals surface area contributed by atoms with Crippen molar-refractivity contribution in [2.45, 2.75) is 24.9 Å². The fourth-order valence-corrected chi connectivity index (χ4v) is 5.03. The first kappa shape index (κ1) is 21.2. The predicted octanol–water partition coefficient (Wildman–Crippen LogP) is 4.49. The molecule has 34 heavy (non-hydrogen) atoms. The molecule has 0 spiro atoms. The summed E-state index contributed by atoms with van der Waals surface area (Å²) in [6.45, 7) is 1.30. The summed E-state index contributed by atoms with van der Waals surface area (Å²) in [4.78, 5) is 27.2. The van der Waals surface area contributed by atoms with E-state index in [0.717, 1.165) is 11.3 Å². The Labute approximate surface area is 196 Å². The smallest absolute Gasteiger partial charge is 0.308 e. The van der Waals surface area contributed by atoms with E-state index in [2.05, 4.69) is 12.1 Å². The van der Waals surface area contributed by atoms with Crippen LogP contribution in [0.5, 0.6) is 5.75 Å².